The Bertz CT molecular complexity index is 616. The Morgan fingerprint density at radius 2 is 1.73 bits per heavy atom. The van der Waals surface area contributed by atoms with Crippen LogP contribution in [-0.2, 0) is 15.0 Å². The fourth-order valence-electron chi connectivity index (χ4n) is 2.85. The molecule has 1 aromatic rings. The number of aliphatic imine (C=N–C) groups is 1. The summed E-state index contributed by atoms with van der Waals surface area (Å²) in [6.07, 6.45) is 1.59. The van der Waals surface area contributed by atoms with E-state index in [9.17, 15) is 9.59 Å². The van der Waals surface area contributed by atoms with E-state index in [-0.39, 0.29) is 41.2 Å². The molecule has 0 unspecified atom stereocenters. The molecule has 0 bridgehead atoms. The van der Waals surface area contributed by atoms with Crippen molar-refractivity contribution in [2.45, 2.75) is 38.5 Å². The molecule has 0 radical (unpaired) electrons. The summed E-state index contributed by atoms with van der Waals surface area (Å²) >= 11 is 0. The van der Waals surface area contributed by atoms with Crippen LogP contribution in [0.1, 0.15) is 38.7 Å². The SMILES string of the molecule is CN=C(NCCN1C(=O)CCCC1=O)NCC(C)(C)c1ccccc1.I. The van der Waals surface area contributed by atoms with Crippen molar-refractivity contribution in [3.8, 4) is 0 Å². The zero-order valence-corrected chi connectivity index (χ0v) is 18.1. The Labute approximate surface area is 172 Å². The summed E-state index contributed by atoms with van der Waals surface area (Å²) in [6, 6.07) is 10.3. The van der Waals surface area contributed by atoms with Gasteiger partial charge >= 0.3 is 0 Å². The largest absolute Gasteiger partial charge is 0.356 e. The zero-order valence-electron chi connectivity index (χ0n) is 15.7. The summed E-state index contributed by atoms with van der Waals surface area (Å²) in [5.74, 6) is 0.512. The van der Waals surface area contributed by atoms with Crippen molar-refractivity contribution in [2.24, 2.45) is 4.99 Å². The maximum atomic E-state index is 11.8. The molecule has 1 aliphatic rings. The van der Waals surface area contributed by atoms with Crippen LogP contribution in [-0.4, -0.2) is 49.4 Å². The summed E-state index contributed by atoms with van der Waals surface area (Å²) in [5, 5.41) is 6.49. The number of imide groups is 1. The van der Waals surface area contributed by atoms with Crippen molar-refractivity contribution in [3.05, 3.63) is 35.9 Å². The number of benzene rings is 1. The van der Waals surface area contributed by atoms with Gasteiger partial charge in [0, 0.05) is 44.9 Å². The molecule has 0 aliphatic carbocycles. The molecule has 2 amide bonds. The molecule has 2 N–H and O–H groups in total. The topological polar surface area (TPSA) is 73.8 Å². The standard InChI is InChI=1S/C19H28N4O2.HI/c1-19(2,15-8-5-4-6-9-15)14-22-18(20-3)21-12-13-23-16(24)10-7-11-17(23)25;/h4-6,8-9H,7,10-14H2,1-3H3,(H2,20,21,22);1H. The third-order valence-corrected chi connectivity index (χ3v) is 4.49. The Balaban J connectivity index is 0.00000338. The molecule has 1 fully saturated rings. The van der Waals surface area contributed by atoms with E-state index in [0.29, 0.717) is 38.3 Å². The van der Waals surface area contributed by atoms with Gasteiger partial charge in [-0.1, -0.05) is 44.2 Å². The molecular formula is C19H29IN4O2. The van der Waals surface area contributed by atoms with Gasteiger partial charge in [0.15, 0.2) is 5.96 Å². The van der Waals surface area contributed by atoms with Gasteiger partial charge in [-0.2, -0.15) is 0 Å². The van der Waals surface area contributed by atoms with E-state index in [0.717, 1.165) is 6.54 Å². The van der Waals surface area contributed by atoms with Crippen LogP contribution in [0.5, 0.6) is 0 Å². The minimum Gasteiger partial charge on any atom is -0.356 e. The number of guanidine groups is 1. The number of hydrogen-bond donors (Lipinski definition) is 2. The number of carbonyl (C=O) groups excluding carboxylic acids is 2. The van der Waals surface area contributed by atoms with Crippen LogP contribution in [0.25, 0.3) is 0 Å². The zero-order chi connectivity index (χ0) is 18.3. The number of hydrogen-bond acceptors (Lipinski definition) is 3. The highest BCUT2D eigenvalue weighted by Gasteiger charge is 2.25. The molecule has 1 aromatic carbocycles. The minimum atomic E-state index is -0.0776. The number of amides is 2. The second kappa shape index (κ2) is 10.5. The molecule has 0 aromatic heterocycles. The van der Waals surface area contributed by atoms with Crippen LogP contribution in [0.15, 0.2) is 35.3 Å². The molecule has 2 rings (SSSR count). The van der Waals surface area contributed by atoms with Gasteiger partial charge in [-0.05, 0) is 12.0 Å². The Morgan fingerprint density at radius 3 is 2.31 bits per heavy atom. The van der Waals surface area contributed by atoms with Gasteiger partial charge < -0.3 is 10.6 Å². The van der Waals surface area contributed by atoms with Crippen LogP contribution >= 0.6 is 24.0 Å². The summed E-state index contributed by atoms with van der Waals surface area (Å²) in [4.78, 5) is 29.1. The number of carbonyl (C=O) groups is 2. The van der Waals surface area contributed by atoms with Gasteiger partial charge in [0.2, 0.25) is 11.8 Å². The first-order chi connectivity index (χ1) is 11.9. The molecule has 0 saturated carbocycles. The highest BCUT2D eigenvalue weighted by atomic mass is 127. The van der Waals surface area contributed by atoms with Crippen LogP contribution in [0.3, 0.4) is 0 Å². The lowest BCUT2D eigenvalue weighted by Gasteiger charge is -2.27. The lowest BCUT2D eigenvalue weighted by Crippen LogP contribution is -2.48. The Kier molecular flexibility index (Phi) is 9.04. The summed E-state index contributed by atoms with van der Waals surface area (Å²) < 4.78 is 0. The molecular weight excluding hydrogens is 443 g/mol. The van der Waals surface area contributed by atoms with Gasteiger partial charge in [-0.25, -0.2) is 0 Å². The number of halogens is 1. The first-order valence-corrected chi connectivity index (χ1v) is 8.77. The van der Waals surface area contributed by atoms with Crippen molar-refractivity contribution in [3.63, 3.8) is 0 Å². The van der Waals surface area contributed by atoms with Gasteiger partial charge in [0.1, 0.15) is 0 Å². The second-order valence-electron chi connectivity index (χ2n) is 6.90. The van der Waals surface area contributed by atoms with E-state index in [2.05, 4.69) is 41.6 Å². The van der Waals surface area contributed by atoms with Crippen molar-refractivity contribution < 1.29 is 9.59 Å². The predicted molar refractivity (Wildman–Crippen MR) is 115 cm³/mol. The molecule has 7 heteroatoms. The molecule has 1 aliphatic heterocycles. The minimum absolute atomic E-state index is 0. The summed E-state index contributed by atoms with van der Waals surface area (Å²) in [6.45, 7) is 5.93. The molecule has 144 valence electrons. The van der Waals surface area contributed by atoms with Crippen molar-refractivity contribution in [1.29, 1.82) is 0 Å². The van der Waals surface area contributed by atoms with Crippen LogP contribution < -0.4 is 10.6 Å². The third-order valence-electron chi connectivity index (χ3n) is 4.49. The number of piperidine rings is 1. The van der Waals surface area contributed by atoms with Gasteiger partial charge in [-0.3, -0.25) is 19.5 Å². The molecule has 26 heavy (non-hydrogen) atoms. The highest BCUT2D eigenvalue weighted by Crippen LogP contribution is 2.21. The van der Waals surface area contributed by atoms with Crippen LogP contribution in [0.2, 0.25) is 0 Å². The average Bonchev–Trinajstić information content (AvgIpc) is 2.61. The maximum absolute atomic E-state index is 11.8. The fraction of sp³-hybridized carbons (Fsp3) is 0.526. The van der Waals surface area contributed by atoms with Gasteiger partial charge in [0.05, 0.1) is 0 Å². The first kappa shape index (κ1) is 22.4. The average molecular weight is 472 g/mol. The first-order valence-electron chi connectivity index (χ1n) is 8.77. The van der Waals surface area contributed by atoms with E-state index < -0.39 is 0 Å². The highest BCUT2D eigenvalue weighted by molar-refractivity contribution is 14.0. The third kappa shape index (κ3) is 6.26. The number of nitrogens with zero attached hydrogens (tertiary/aromatic N) is 2. The summed E-state index contributed by atoms with van der Waals surface area (Å²) in [7, 11) is 1.71. The smallest absolute Gasteiger partial charge is 0.229 e. The molecule has 1 saturated heterocycles. The van der Waals surface area contributed by atoms with Crippen molar-refractivity contribution in [2.75, 3.05) is 26.7 Å². The number of likely N-dealkylation sites (tertiary alicyclic amines) is 1. The Morgan fingerprint density at radius 1 is 1.12 bits per heavy atom. The number of nitrogens with one attached hydrogen (secondary N) is 2. The maximum Gasteiger partial charge on any atom is 0.229 e. The monoisotopic (exact) mass is 472 g/mol. The molecule has 6 nitrogen and oxygen atoms in total. The van der Waals surface area contributed by atoms with Gasteiger partial charge in [0.25, 0.3) is 0 Å². The normalized spacial score (nSPS) is 15.5. The number of rotatable bonds is 6. The van der Waals surface area contributed by atoms with Crippen molar-refractivity contribution >= 4 is 41.8 Å². The van der Waals surface area contributed by atoms with Crippen LogP contribution in [0.4, 0.5) is 0 Å². The molecule has 0 atom stereocenters. The fourth-order valence-corrected chi connectivity index (χ4v) is 2.85. The molecule has 0 spiro atoms. The van der Waals surface area contributed by atoms with Gasteiger partial charge in [-0.15, -0.1) is 24.0 Å². The van der Waals surface area contributed by atoms with E-state index in [1.165, 1.54) is 10.5 Å². The summed E-state index contributed by atoms with van der Waals surface area (Å²) in [5.41, 5.74) is 1.21. The van der Waals surface area contributed by atoms with E-state index >= 15 is 0 Å². The second-order valence-corrected chi connectivity index (χ2v) is 6.90. The van der Waals surface area contributed by atoms with Crippen LogP contribution in [0, 0.1) is 0 Å². The van der Waals surface area contributed by atoms with E-state index in [1.54, 1.807) is 7.05 Å². The van der Waals surface area contributed by atoms with Crippen molar-refractivity contribution in [1.82, 2.24) is 15.5 Å². The van der Waals surface area contributed by atoms with E-state index in [1.807, 2.05) is 18.2 Å². The van der Waals surface area contributed by atoms with E-state index in [4.69, 9.17) is 0 Å². The quantitative estimate of drug-likeness (QED) is 0.289. The lowest BCUT2D eigenvalue weighted by molar-refractivity contribution is -0.147. The lowest BCUT2D eigenvalue weighted by atomic mass is 9.85. The molecule has 1 heterocycles. The predicted octanol–water partition coefficient (Wildman–Crippen LogP) is 2.29. The Hall–Kier alpha value is -1.64.